The van der Waals surface area contributed by atoms with E-state index >= 15 is 0 Å². The van der Waals surface area contributed by atoms with E-state index in [9.17, 15) is 0 Å². The van der Waals surface area contributed by atoms with Crippen molar-refractivity contribution in [1.29, 1.82) is 0 Å². The summed E-state index contributed by atoms with van der Waals surface area (Å²) in [6.45, 7) is 4.34. The molecule has 0 radical (unpaired) electrons. The van der Waals surface area contributed by atoms with Crippen molar-refractivity contribution in [3.05, 3.63) is 50.7 Å². The second kappa shape index (κ2) is 9.30. The van der Waals surface area contributed by atoms with Crippen molar-refractivity contribution in [3.63, 3.8) is 0 Å². The van der Waals surface area contributed by atoms with E-state index in [0.717, 1.165) is 0 Å². The van der Waals surface area contributed by atoms with Crippen LogP contribution >= 0.6 is 39.8 Å². The molecule has 2 aromatic carbocycles. The van der Waals surface area contributed by atoms with Crippen LogP contribution in [0.4, 0.5) is 11.4 Å². The fourth-order valence-electron chi connectivity index (χ4n) is 2.94. The number of halogens is 3. The molecule has 1 atom stereocenters. The van der Waals surface area contributed by atoms with Crippen LogP contribution in [0.3, 0.4) is 0 Å². The van der Waals surface area contributed by atoms with Gasteiger partial charge in [0.05, 0.1) is 0 Å². The number of hydrogen-bond donors (Lipinski definition) is 0. The SMILES string of the molecule is Cc1cc(N(C)C)cc2c1C=c1c(C)cc(N(C)C)cc1=S2Cl.[Cl][Zn][Cl]. The molecule has 1 aliphatic heterocycles. The Bertz CT molecular complexity index is 943. The second-order valence-electron chi connectivity index (χ2n) is 6.64. The molecule has 2 aromatic rings. The molecule has 0 aliphatic carbocycles. The van der Waals surface area contributed by atoms with E-state index in [-0.39, 0.29) is 0 Å². The maximum atomic E-state index is 6.95. The van der Waals surface area contributed by atoms with E-state index in [2.05, 4.69) is 82.2 Å². The molecule has 0 spiro atoms. The van der Waals surface area contributed by atoms with Crippen molar-refractivity contribution in [3.8, 4) is 0 Å². The Hall–Kier alpha value is -0.247. The molecule has 1 heterocycles. The summed E-state index contributed by atoms with van der Waals surface area (Å²) in [6.07, 6.45) is 2.31. The Morgan fingerprint density at radius 2 is 1.35 bits per heavy atom. The molecule has 0 aromatic heterocycles. The third-order valence-electron chi connectivity index (χ3n) is 4.37. The second-order valence-corrected chi connectivity index (χ2v) is 13.6. The molecule has 2 nitrogen and oxygen atoms in total. The molecule has 7 heteroatoms. The fraction of sp³-hybridized carbons (Fsp3) is 0.316. The van der Waals surface area contributed by atoms with E-state index in [4.69, 9.17) is 30.1 Å². The number of hydrogen-bond acceptors (Lipinski definition) is 2. The first-order chi connectivity index (χ1) is 12.2. The van der Waals surface area contributed by atoms with E-state index in [0.29, 0.717) is 0 Å². The Morgan fingerprint density at radius 1 is 0.846 bits per heavy atom. The summed E-state index contributed by atoms with van der Waals surface area (Å²) in [4.78, 5) is 5.51. The Kier molecular flexibility index (Phi) is 7.89. The van der Waals surface area contributed by atoms with E-state index in [1.165, 1.54) is 42.7 Å². The number of aryl methyl sites for hydroxylation is 2. The van der Waals surface area contributed by atoms with Crippen LogP contribution < -0.4 is 15.0 Å². The van der Waals surface area contributed by atoms with Gasteiger partial charge in [-0.1, -0.05) is 9.70 Å². The van der Waals surface area contributed by atoms with Crippen LogP contribution in [0, 0.1) is 18.4 Å². The van der Waals surface area contributed by atoms with Gasteiger partial charge in [0.15, 0.2) is 0 Å². The predicted molar refractivity (Wildman–Crippen MR) is 116 cm³/mol. The third-order valence-corrected chi connectivity index (χ3v) is 6.82. The summed E-state index contributed by atoms with van der Waals surface area (Å²) in [5, 5.41) is 1.28. The normalized spacial score (nSPS) is 14.1. The zero-order valence-electron chi connectivity index (χ0n) is 16.0. The first-order valence-corrected chi connectivity index (χ1v) is 18.1. The molecule has 138 valence electrons. The Morgan fingerprint density at radius 3 is 1.88 bits per heavy atom. The minimum absolute atomic E-state index is 0.427. The summed E-state index contributed by atoms with van der Waals surface area (Å²) in [6, 6.07) is 8.93. The molecule has 0 amide bonds. The van der Waals surface area contributed by atoms with Crippen LogP contribution in [0.25, 0.3) is 6.08 Å². The van der Waals surface area contributed by atoms with Gasteiger partial charge in [-0.15, -0.1) is 0 Å². The molecule has 0 fully saturated rings. The Labute approximate surface area is 178 Å². The molecule has 3 rings (SSSR count). The van der Waals surface area contributed by atoms with Crippen LogP contribution in [-0.2, 0) is 15.1 Å². The Balaban J connectivity index is 0.000000758. The quantitative estimate of drug-likeness (QED) is 0.401. The summed E-state index contributed by atoms with van der Waals surface area (Å²) in [5.41, 5.74) is 6.26. The zero-order chi connectivity index (χ0) is 19.6. The van der Waals surface area contributed by atoms with Gasteiger partial charge in [-0.25, -0.2) is 0 Å². The molecule has 0 saturated carbocycles. The monoisotopic (exact) mass is 480 g/mol. The molecular formula is C19H23Cl3N2SZn. The van der Waals surface area contributed by atoms with E-state index < -0.39 is 24.8 Å². The van der Waals surface area contributed by atoms with Gasteiger partial charge < -0.3 is 9.80 Å². The summed E-state index contributed by atoms with van der Waals surface area (Å²) >= 11 is -0.931. The topological polar surface area (TPSA) is 6.48 Å². The third kappa shape index (κ3) is 4.59. The number of benzene rings is 2. The molecular weight excluding hydrogens is 460 g/mol. The zero-order valence-corrected chi connectivity index (χ0v) is 22.1. The van der Waals surface area contributed by atoms with Crippen LogP contribution in [0.1, 0.15) is 16.7 Å². The predicted octanol–water partition coefficient (Wildman–Crippen LogP) is 5.69. The number of rotatable bonds is 2. The summed E-state index contributed by atoms with van der Waals surface area (Å²) in [7, 11) is 24.7. The molecule has 0 N–H and O–H groups in total. The van der Waals surface area contributed by atoms with Gasteiger partial charge >= 0.3 is 34.5 Å². The van der Waals surface area contributed by atoms with Crippen molar-refractivity contribution in [2.45, 2.75) is 18.7 Å². The molecule has 0 bridgehead atoms. The summed E-state index contributed by atoms with van der Waals surface area (Å²) < 4.78 is 1.23. The van der Waals surface area contributed by atoms with Crippen molar-refractivity contribution < 1.29 is 15.1 Å². The molecule has 26 heavy (non-hydrogen) atoms. The van der Waals surface area contributed by atoms with Crippen LogP contribution in [0.5, 0.6) is 0 Å². The maximum absolute atomic E-state index is 6.95. The van der Waals surface area contributed by atoms with E-state index in [1.807, 2.05) is 0 Å². The van der Waals surface area contributed by atoms with Crippen LogP contribution in [-0.4, -0.2) is 28.2 Å². The van der Waals surface area contributed by atoms with Gasteiger partial charge in [0.25, 0.3) is 0 Å². The number of nitrogens with zero attached hydrogens (tertiary/aromatic N) is 2. The van der Waals surface area contributed by atoms with Crippen molar-refractivity contribution in [2.75, 3.05) is 38.0 Å². The standard InChI is InChI=1S/C19H23ClN2S.2ClH.Zn/c1-12-7-14(21(3)4)9-18-16(12)11-17-13(2)8-15(22(5)6)10-19(17)23(18)20;;;/h7-11H,1-6H3;2*1H;/q;;;+2/p-2. The molecule has 0 saturated heterocycles. The van der Waals surface area contributed by atoms with Gasteiger partial charge in [0.2, 0.25) is 0 Å². The molecule has 1 aliphatic rings. The van der Waals surface area contributed by atoms with Gasteiger partial charge in [-0.05, 0) is 76.8 Å². The average Bonchev–Trinajstić information content (AvgIpc) is 2.56. The van der Waals surface area contributed by atoms with Crippen LogP contribution in [0.15, 0.2) is 29.2 Å². The number of fused-ring (bicyclic) bond motifs is 2. The minimum atomic E-state index is -0.931. The fourth-order valence-corrected chi connectivity index (χ4v) is 5.22. The van der Waals surface area contributed by atoms with Gasteiger partial charge in [0, 0.05) is 49.0 Å². The summed E-state index contributed by atoms with van der Waals surface area (Å²) in [5.74, 6) is 0. The number of anilines is 2. The first-order valence-electron chi connectivity index (χ1n) is 8.22. The van der Waals surface area contributed by atoms with Crippen molar-refractivity contribution in [2.24, 2.45) is 0 Å². The van der Waals surface area contributed by atoms with Gasteiger partial charge in [0.1, 0.15) is 0 Å². The van der Waals surface area contributed by atoms with Crippen LogP contribution in [0.2, 0.25) is 0 Å². The van der Waals surface area contributed by atoms with Gasteiger partial charge in [-0.3, -0.25) is 0 Å². The first kappa shape index (κ1) is 22.0. The average molecular weight is 483 g/mol. The van der Waals surface area contributed by atoms with Crippen molar-refractivity contribution >= 4 is 57.2 Å². The molecule has 1 unspecified atom stereocenters. The van der Waals surface area contributed by atoms with Crippen molar-refractivity contribution in [1.82, 2.24) is 0 Å². The van der Waals surface area contributed by atoms with Gasteiger partial charge in [-0.2, -0.15) is 0 Å². The van der Waals surface area contributed by atoms with E-state index in [1.54, 1.807) is 0 Å².